The Morgan fingerprint density at radius 2 is 1.94 bits per heavy atom. The molecule has 0 aromatic heterocycles. The van der Waals surface area contributed by atoms with Gasteiger partial charge in [0.1, 0.15) is 23.6 Å². The number of halogens is 1. The molecule has 2 aromatic rings. The lowest BCUT2D eigenvalue weighted by Gasteiger charge is -2.23. The Hall–Kier alpha value is -3.31. The Labute approximate surface area is 195 Å². The number of esters is 1. The lowest BCUT2D eigenvalue weighted by atomic mass is 9.98. The van der Waals surface area contributed by atoms with Crippen LogP contribution in [-0.4, -0.2) is 62.9 Å². The summed E-state index contributed by atoms with van der Waals surface area (Å²) in [5.41, 5.74) is 0.319. The zero-order chi connectivity index (χ0) is 24.3. The first-order chi connectivity index (χ1) is 15.6. The van der Waals surface area contributed by atoms with Gasteiger partial charge in [-0.25, -0.2) is 17.5 Å². The molecule has 2 amide bonds. The van der Waals surface area contributed by atoms with Crippen molar-refractivity contribution in [2.75, 3.05) is 27.3 Å². The molecule has 2 N–H and O–H groups in total. The molecule has 1 aliphatic rings. The fourth-order valence-electron chi connectivity index (χ4n) is 3.41. The quantitative estimate of drug-likeness (QED) is 0.571. The molecule has 0 aliphatic carbocycles. The first kappa shape index (κ1) is 24.3. The number of ether oxygens (including phenoxy) is 2. The Balaban J connectivity index is 1.97. The van der Waals surface area contributed by atoms with Gasteiger partial charge in [0.25, 0.3) is 10.0 Å². The van der Waals surface area contributed by atoms with E-state index in [2.05, 4.69) is 10.1 Å². The molecule has 176 valence electrons. The standard InChI is InChI=1S/C21H21ClN2O8S/c1-31-18-6-3-14(22)8-12(18)7-13-10-23-19(26)11-24(20(13)27)33(29,30)15-4-5-16(17(25)9-15)21(28)32-2/h3-6,8-9,13,25H,7,10-11H2,1-2H3,(H,23,26). The van der Waals surface area contributed by atoms with Crippen molar-refractivity contribution >= 4 is 39.4 Å². The van der Waals surface area contributed by atoms with Gasteiger partial charge in [-0.1, -0.05) is 11.6 Å². The van der Waals surface area contributed by atoms with Crippen molar-refractivity contribution in [3.05, 3.63) is 52.5 Å². The van der Waals surface area contributed by atoms with E-state index >= 15 is 0 Å². The highest BCUT2D eigenvalue weighted by Gasteiger charge is 2.38. The Kier molecular flexibility index (Phi) is 7.13. The van der Waals surface area contributed by atoms with Gasteiger partial charge in [-0.15, -0.1) is 0 Å². The highest BCUT2D eigenvalue weighted by Crippen LogP contribution is 2.29. The van der Waals surface area contributed by atoms with E-state index < -0.39 is 50.9 Å². The fourth-order valence-corrected chi connectivity index (χ4v) is 5.03. The molecule has 3 rings (SSSR count). The van der Waals surface area contributed by atoms with Crippen LogP contribution in [0.1, 0.15) is 15.9 Å². The van der Waals surface area contributed by atoms with E-state index in [1.54, 1.807) is 18.2 Å². The number of benzene rings is 2. The van der Waals surface area contributed by atoms with Crippen molar-refractivity contribution in [2.45, 2.75) is 11.3 Å². The zero-order valence-electron chi connectivity index (χ0n) is 17.7. The number of hydrogen-bond acceptors (Lipinski definition) is 8. The first-order valence-electron chi connectivity index (χ1n) is 9.65. The van der Waals surface area contributed by atoms with Gasteiger partial charge in [-0.05, 0) is 42.3 Å². The molecule has 0 radical (unpaired) electrons. The summed E-state index contributed by atoms with van der Waals surface area (Å²) < 4.78 is 36.7. The van der Waals surface area contributed by atoms with Crippen LogP contribution in [0.2, 0.25) is 5.02 Å². The van der Waals surface area contributed by atoms with Gasteiger partial charge < -0.3 is 19.9 Å². The van der Waals surface area contributed by atoms with Gasteiger partial charge in [0, 0.05) is 17.6 Å². The minimum atomic E-state index is -4.53. The average molecular weight is 497 g/mol. The van der Waals surface area contributed by atoms with Crippen LogP contribution in [0.25, 0.3) is 0 Å². The summed E-state index contributed by atoms with van der Waals surface area (Å²) >= 11 is 6.05. The van der Waals surface area contributed by atoms with Crippen LogP contribution in [0.4, 0.5) is 0 Å². The minimum absolute atomic E-state index is 0.0569. The van der Waals surface area contributed by atoms with Gasteiger partial charge >= 0.3 is 5.97 Å². The molecule has 2 aromatic carbocycles. The topological polar surface area (TPSA) is 139 Å². The maximum atomic E-state index is 13.3. The summed E-state index contributed by atoms with van der Waals surface area (Å²) in [4.78, 5) is 36.7. The molecule has 0 spiro atoms. The molecule has 1 fully saturated rings. The molecule has 1 unspecified atom stereocenters. The predicted molar refractivity (Wildman–Crippen MR) is 117 cm³/mol. The lowest BCUT2D eigenvalue weighted by Crippen LogP contribution is -2.42. The Bertz CT molecular complexity index is 1210. The van der Waals surface area contributed by atoms with Crippen LogP contribution in [0.3, 0.4) is 0 Å². The van der Waals surface area contributed by atoms with Crippen LogP contribution >= 0.6 is 11.6 Å². The van der Waals surface area contributed by atoms with E-state index in [4.69, 9.17) is 16.3 Å². The van der Waals surface area contributed by atoms with Gasteiger partial charge in [0.05, 0.1) is 25.0 Å². The smallest absolute Gasteiger partial charge is 0.341 e. The third-order valence-corrected chi connectivity index (χ3v) is 7.07. The van der Waals surface area contributed by atoms with E-state index in [0.29, 0.717) is 20.6 Å². The third-order valence-electron chi connectivity index (χ3n) is 5.10. The summed E-state index contributed by atoms with van der Waals surface area (Å²) in [6.45, 7) is -0.824. The molecule has 33 heavy (non-hydrogen) atoms. The van der Waals surface area contributed by atoms with Crippen LogP contribution in [0.5, 0.6) is 11.5 Å². The minimum Gasteiger partial charge on any atom is -0.507 e. The van der Waals surface area contributed by atoms with Crippen molar-refractivity contribution in [3.8, 4) is 11.5 Å². The maximum Gasteiger partial charge on any atom is 0.341 e. The number of nitrogens with one attached hydrogen (secondary N) is 1. The molecular formula is C21H21ClN2O8S. The van der Waals surface area contributed by atoms with Crippen molar-refractivity contribution in [3.63, 3.8) is 0 Å². The zero-order valence-corrected chi connectivity index (χ0v) is 19.3. The second-order valence-corrected chi connectivity index (χ2v) is 9.48. The number of rotatable bonds is 6. The van der Waals surface area contributed by atoms with Crippen molar-refractivity contribution in [1.82, 2.24) is 9.62 Å². The monoisotopic (exact) mass is 496 g/mol. The molecule has 1 aliphatic heterocycles. The third kappa shape index (κ3) is 5.04. The van der Waals surface area contributed by atoms with E-state index in [1.165, 1.54) is 7.11 Å². The summed E-state index contributed by atoms with van der Waals surface area (Å²) in [7, 11) is -1.98. The Morgan fingerprint density at radius 1 is 1.21 bits per heavy atom. The normalized spacial score (nSPS) is 16.7. The van der Waals surface area contributed by atoms with E-state index in [0.717, 1.165) is 25.3 Å². The lowest BCUT2D eigenvalue weighted by molar-refractivity contribution is -0.131. The average Bonchev–Trinajstić information content (AvgIpc) is 2.92. The number of aromatic hydroxyl groups is 1. The molecule has 1 heterocycles. The fraction of sp³-hybridized carbons (Fsp3) is 0.286. The highest BCUT2D eigenvalue weighted by molar-refractivity contribution is 7.89. The van der Waals surface area contributed by atoms with Gasteiger partial charge in [-0.2, -0.15) is 0 Å². The van der Waals surface area contributed by atoms with E-state index in [1.807, 2.05) is 0 Å². The highest BCUT2D eigenvalue weighted by atomic mass is 35.5. The van der Waals surface area contributed by atoms with Gasteiger partial charge in [-0.3, -0.25) is 9.59 Å². The van der Waals surface area contributed by atoms with Crippen molar-refractivity contribution in [1.29, 1.82) is 0 Å². The van der Waals surface area contributed by atoms with Crippen molar-refractivity contribution < 1.29 is 37.4 Å². The number of phenolic OH excluding ortho intramolecular Hbond substituents is 1. The van der Waals surface area contributed by atoms with Crippen LogP contribution in [0.15, 0.2) is 41.3 Å². The molecular weight excluding hydrogens is 476 g/mol. The van der Waals surface area contributed by atoms with Crippen LogP contribution in [0, 0.1) is 5.92 Å². The van der Waals surface area contributed by atoms with Gasteiger partial charge in [0.15, 0.2) is 0 Å². The summed E-state index contributed by atoms with van der Waals surface area (Å²) in [5, 5.41) is 13.0. The first-order valence-corrected chi connectivity index (χ1v) is 11.5. The SMILES string of the molecule is COC(=O)c1ccc(S(=O)(=O)N2CC(=O)NCC(Cc3cc(Cl)ccc3OC)C2=O)cc1O. The number of sulfonamides is 1. The maximum absolute atomic E-state index is 13.3. The molecule has 10 nitrogen and oxygen atoms in total. The molecule has 0 bridgehead atoms. The Morgan fingerprint density at radius 3 is 2.58 bits per heavy atom. The summed E-state index contributed by atoms with van der Waals surface area (Å²) in [5.74, 6) is -3.45. The number of nitrogens with zero attached hydrogens (tertiary/aromatic N) is 1. The van der Waals surface area contributed by atoms with Crippen LogP contribution < -0.4 is 10.1 Å². The van der Waals surface area contributed by atoms with Crippen molar-refractivity contribution in [2.24, 2.45) is 5.92 Å². The molecule has 1 atom stereocenters. The summed E-state index contributed by atoms with van der Waals surface area (Å²) in [6, 6.07) is 7.77. The van der Waals surface area contributed by atoms with Crippen LogP contribution in [-0.2, 0) is 30.8 Å². The second kappa shape index (κ2) is 9.67. The second-order valence-electron chi connectivity index (χ2n) is 7.18. The number of hydrogen-bond donors (Lipinski definition) is 2. The number of carbonyl (C=O) groups is 3. The number of amides is 2. The number of carbonyl (C=O) groups excluding carboxylic acids is 3. The summed E-state index contributed by atoms with van der Waals surface area (Å²) in [6.07, 6.45) is 0.0569. The molecule has 12 heteroatoms. The van der Waals surface area contributed by atoms with Gasteiger partial charge in [0.2, 0.25) is 11.8 Å². The molecule has 0 saturated carbocycles. The largest absolute Gasteiger partial charge is 0.507 e. The molecule has 1 saturated heterocycles. The number of phenols is 1. The van der Waals surface area contributed by atoms with E-state index in [-0.39, 0.29) is 18.5 Å². The van der Waals surface area contributed by atoms with E-state index in [9.17, 15) is 27.9 Å². The predicted octanol–water partition coefficient (Wildman–Crippen LogP) is 1.35. The number of methoxy groups -OCH3 is 2.